The Morgan fingerprint density at radius 2 is 2.25 bits per heavy atom. The monoisotopic (exact) mass is 230 g/mol. The number of carbonyl (C=O) groups is 1. The standard InChI is InChI=1S/C11H22N2O3/c1-10(2,15)6-13(4)9(14)11(3)7-16-5-8(11)12/h8,15H,5-7,12H2,1-4H3. The van der Waals surface area contributed by atoms with Gasteiger partial charge in [-0.05, 0) is 20.8 Å². The van der Waals surface area contributed by atoms with Gasteiger partial charge in [-0.1, -0.05) is 0 Å². The average molecular weight is 230 g/mol. The smallest absolute Gasteiger partial charge is 0.232 e. The van der Waals surface area contributed by atoms with Crippen molar-refractivity contribution in [2.45, 2.75) is 32.4 Å². The summed E-state index contributed by atoms with van der Waals surface area (Å²) in [4.78, 5) is 13.7. The van der Waals surface area contributed by atoms with Crippen LogP contribution in [0.3, 0.4) is 0 Å². The second kappa shape index (κ2) is 4.31. The molecular weight excluding hydrogens is 208 g/mol. The lowest BCUT2D eigenvalue weighted by Gasteiger charge is -2.33. The van der Waals surface area contributed by atoms with Crippen LogP contribution in [0.5, 0.6) is 0 Å². The minimum absolute atomic E-state index is 0.0698. The zero-order valence-electron chi connectivity index (χ0n) is 10.5. The van der Waals surface area contributed by atoms with Crippen molar-refractivity contribution in [1.29, 1.82) is 0 Å². The van der Waals surface area contributed by atoms with Crippen molar-refractivity contribution < 1.29 is 14.6 Å². The van der Waals surface area contributed by atoms with Crippen molar-refractivity contribution in [3.8, 4) is 0 Å². The van der Waals surface area contributed by atoms with E-state index in [9.17, 15) is 9.90 Å². The molecule has 0 radical (unpaired) electrons. The van der Waals surface area contributed by atoms with E-state index in [0.717, 1.165) is 0 Å². The number of hydrogen-bond donors (Lipinski definition) is 2. The third-order valence-corrected chi connectivity index (χ3v) is 2.98. The predicted octanol–water partition coefficient (Wildman–Crippen LogP) is -0.420. The van der Waals surface area contributed by atoms with Crippen LogP contribution in [0.2, 0.25) is 0 Å². The number of likely N-dealkylation sites (N-methyl/N-ethyl adjacent to an activating group) is 1. The molecule has 5 nitrogen and oxygen atoms in total. The highest BCUT2D eigenvalue weighted by Crippen LogP contribution is 2.29. The first-order chi connectivity index (χ1) is 7.17. The largest absolute Gasteiger partial charge is 0.389 e. The van der Waals surface area contributed by atoms with Crippen LogP contribution in [0.15, 0.2) is 0 Å². The van der Waals surface area contributed by atoms with Crippen LogP contribution in [0, 0.1) is 5.41 Å². The van der Waals surface area contributed by atoms with E-state index < -0.39 is 11.0 Å². The van der Waals surface area contributed by atoms with E-state index in [1.165, 1.54) is 4.90 Å². The van der Waals surface area contributed by atoms with Crippen molar-refractivity contribution in [2.75, 3.05) is 26.8 Å². The summed E-state index contributed by atoms with van der Waals surface area (Å²) in [5.41, 5.74) is 4.32. The molecule has 1 amide bonds. The molecule has 1 fully saturated rings. The Morgan fingerprint density at radius 3 is 2.62 bits per heavy atom. The average Bonchev–Trinajstić information content (AvgIpc) is 2.44. The fraction of sp³-hybridized carbons (Fsp3) is 0.909. The molecule has 16 heavy (non-hydrogen) atoms. The van der Waals surface area contributed by atoms with Gasteiger partial charge in [0, 0.05) is 19.6 Å². The van der Waals surface area contributed by atoms with Gasteiger partial charge in [0.25, 0.3) is 0 Å². The van der Waals surface area contributed by atoms with Gasteiger partial charge in [0.2, 0.25) is 5.91 Å². The maximum absolute atomic E-state index is 12.2. The van der Waals surface area contributed by atoms with Crippen LogP contribution >= 0.6 is 0 Å². The maximum atomic E-state index is 12.2. The van der Waals surface area contributed by atoms with E-state index in [2.05, 4.69) is 0 Å². The molecule has 1 aliphatic heterocycles. The number of nitrogens with two attached hydrogens (primary N) is 1. The van der Waals surface area contributed by atoms with Crippen LogP contribution in [0.25, 0.3) is 0 Å². The van der Waals surface area contributed by atoms with E-state index in [-0.39, 0.29) is 18.5 Å². The molecule has 94 valence electrons. The molecular formula is C11H22N2O3. The predicted molar refractivity (Wildman–Crippen MR) is 60.8 cm³/mol. The molecule has 1 rings (SSSR count). The number of aliphatic hydroxyl groups is 1. The quantitative estimate of drug-likeness (QED) is 0.690. The summed E-state index contributed by atoms with van der Waals surface area (Å²) >= 11 is 0. The summed E-state index contributed by atoms with van der Waals surface area (Å²) in [5, 5.41) is 9.67. The molecule has 0 aliphatic carbocycles. The Balaban J connectivity index is 2.70. The molecule has 0 spiro atoms. The van der Waals surface area contributed by atoms with Gasteiger partial charge in [0.15, 0.2) is 0 Å². The van der Waals surface area contributed by atoms with Gasteiger partial charge in [-0.25, -0.2) is 0 Å². The first-order valence-corrected chi connectivity index (χ1v) is 5.48. The van der Waals surface area contributed by atoms with Gasteiger partial charge in [-0.3, -0.25) is 4.79 Å². The minimum atomic E-state index is -0.898. The number of carbonyl (C=O) groups excluding carboxylic acids is 1. The Morgan fingerprint density at radius 1 is 1.69 bits per heavy atom. The van der Waals surface area contributed by atoms with Gasteiger partial charge in [0.05, 0.1) is 24.2 Å². The topological polar surface area (TPSA) is 75.8 Å². The molecule has 2 unspecified atom stereocenters. The van der Waals surface area contributed by atoms with Crippen LogP contribution in [-0.4, -0.2) is 54.4 Å². The third-order valence-electron chi connectivity index (χ3n) is 2.98. The molecule has 5 heteroatoms. The van der Waals surface area contributed by atoms with E-state index in [4.69, 9.17) is 10.5 Å². The first kappa shape index (κ1) is 13.4. The van der Waals surface area contributed by atoms with Crippen molar-refractivity contribution in [3.63, 3.8) is 0 Å². The van der Waals surface area contributed by atoms with Crippen molar-refractivity contribution >= 4 is 5.91 Å². The molecule has 1 aliphatic rings. The van der Waals surface area contributed by atoms with Crippen molar-refractivity contribution in [3.05, 3.63) is 0 Å². The van der Waals surface area contributed by atoms with Crippen LogP contribution in [-0.2, 0) is 9.53 Å². The first-order valence-electron chi connectivity index (χ1n) is 5.48. The highest BCUT2D eigenvalue weighted by Gasteiger charge is 2.46. The summed E-state index contributed by atoms with van der Waals surface area (Å²) in [6, 6.07) is -0.274. The summed E-state index contributed by atoms with van der Waals surface area (Å²) in [7, 11) is 1.68. The van der Waals surface area contributed by atoms with Crippen molar-refractivity contribution in [2.24, 2.45) is 11.1 Å². The van der Waals surface area contributed by atoms with Crippen LogP contribution in [0.1, 0.15) is 20.8 Å². The lowest BCUT2D eigenvalue weighted by Crippen LogP contribution is -2.52. The lowest BCUT2D eigenvalue weighted by molar-refractivity contribution is -0.143. The van der Waals surface area contributed by atoms with Crippen LogP contribution < -0.4 is 5.73 Å². The van der Waals surface area contributed by atoms with Gasteiger partial charge in [-0.2, -0.15) is 0 Å². The molecule has 0 aromatic carbocycles. The van der Waals surface area contributed by atoms with E-state index in [0.29, 0.717) is 13.2 Å². The van der Waals surface area contributed by atoms with Crippen molar-refractivity contribution in [1.82, 2.24) is 4.90 Å². The third kappa shape index (κ3) is 2.72. The second-order valence-electron chi connectivity index (χ2n) is 5.51. The molecule has 0 bridgehead atoms. The normalized spacial score (nSPS) is 30.5. The maximum Gasteiger partial charge on any atom is 0.232 e. The molecule has 0 saturated carbocycles. The highest BCUT2D eigenvalue weighted by atomic mass is 16.5. The Labute approximate surface area is 96.6 Å². The molecule has 0 aromatic rings. The number of nitrogens with zero attached hydrogens (tertiary/aromatic N) is 1. The summed E-state index contributed by atoms with van der Waals surface area (Å²) < 4.78 is 5.24. The summed E-state index contributed by atoms with van der Waals surface area (Å²) in [5.74, 6) is -0.0698. The molecule has 1 saturated heterocycles. The Kier molecular flexibility index (Phi) is 3.62. The second-order valence-corrected chi connectivity index (χ2v) is 5.51. The fourth-order valence-corrected chi connectivity index (χ4v) is 2.00. The zero-order valence-corrected chi connectivity index (χ0v) is 10.5. The number of amides is 1. The molecule has 0 aromatic heterocycles. The number of rotatable bonds is 3. The van der Waals surface area contributed by atoms with E-state index >= 15 is 0 Å². The lowest BCUT2D eigenvalue weighted by atomic mass is 9.84. The Hall–Kier alpha value is -0.650. The summed E-state index contributed by atoms with van der Waals surface area (Å²) in [6.45, 7) is 6.21. The van der Waals surface area contributed by atoms with Gasteiger partial charge < -0.3 is 20.5 Å². The van der Waals surface area contributed by atoms with Gasteiger partial charge >= 0.3 is 0 Å². The van der Waals surface area contributed by atoms with E-state index in [1.807, 2.05) is 6.92 Å². The SMILES string of the molecule is CN(CC(C)(C)O)C(=O)C1(C)COCC1N. The van der Waals surface area contributed by atoms with Gasteiger partial charge in [0.1, 0.15) is 0 Å². The molecule has 3 N–H and O–H groups in total. The van der Waals surface area contributed by atoms with Gasteiger partial charge in [-0.15, -0.1) is 0 Å². The number of hydrogen-bond acceptors (Lipinski definition) is 4. The highest BCUT2D eigenvalue weighted by molar-refractivity contribution is 5.83. The molecule has 1 heterocycles. The summed E-state index contributed by atoms with van der Waals surface area (Å²) in [6.07, 6.45) is 0. The molecule has 2 atom stereocenters. The number of ether oxygens (including phenoxy) is 1. The minimum Gasteiger partial charge on any atom is -0.389 e. The van der Waals surface area contributed by atoms with Crippen LogP contribution in [0.4, 0.5) is 0 Å². The van der Waals surface area contributed by atoms with E-state index in [1.54, 1.807) is 20.9 Å². The Bertz CT molecular complexity index is 275. The zero-order chi connectivity index (χ0) is 12.6. The fourth-order valence-electron chi connectivity index (χ4n) is 2.00.